The molecule has 138 valence electrons. The van der Waals surface area contributed by atoms with Crippen LogP contribution in [0.3, 0.4) is 0 Å². The highest BCUT2D eigenvalue weighted by Gasteiger charge is 2.41. The third kappa shape index (κ3) is 5.02. The third-order valence-electron chi connectivity index (χ3n) is 5.69. The maximum atomic E-state index is 12.8. The minimum absolute atomic E-state index is 0.0944. The molecular formula is C20H31N3O2. The lowest BCUT2D eigenvalue weighted by molar-refractivity contribution is -0.156. The van der Waals surface area contributed by atoms with Gasteiger partial charge in [0.25, 0.3) is 5.91 Å². The number of nitrogens with zero attached hydrogens (tertiary/aromatic N) is 2. The first-order chi connectivity index (χ1) is 12.2. The first-order valence-electron chi connectivity index (χ1n) is 9.80. The molecule has 1 saturated carbocycles. The second-order valence-electron chi connectivity index (χ2n) is 7.64. The Morgan fingerprint density at radius 2 is 2.08 bits per heavy atom. The fourth-order valence-electron chi connectivity index (χ4n) is 4.16. The molecule has 2 aliphatic rings. The van der Waals surface area contributed by atoms with Crippen molar-refractivity contribution in [3.05, 3.63) is 30.1 Å². The van der Waals surface area contributed by atoms with Crippen LogP contribution in [0.1, 0.15) is 57.1 Å². The summed E-state index contributed by atoms with van der Waals surface area (Å²) in [6, 6.07) is 5.76. The SMILES string of the molecule is O=C1N(CCC2CCCCC2)CCC[C@]1(O)CNCc1ccccn1. The number of rotatable bonds is 7. The Morgan fingerprint density at radius 1 is 1.24 bits per heavy atom. The van der Waals surface area contributed by atoms with E-state index in [0.717, 1.165) is 37.5 Å². The molecule has 1 aliphatic carbocycles. The quantitative estimate of drug-likeness (QED) is 0.797. The lowest BCUT2D eigenvalue weighted by Gasteiger charge is -2.39. The number of hydrogen-bond donors (Lipinski definition) is 2. The van der Waals surface area contributed by atoms with Gasteiger partial charge in [-0.2, -0.15) is 0 Å². The summed E-state index contributed by atoms with van der Waals surface area (Å²) in [7, 11) is 0. The molecule has 1 aromatic rings. The van der Waals surface area contributed by atoms with Crippen molar-refractivity contribution in [3.8, 4) is 0 Å². The van der Waals surface area contributed by atoms with Crippen LogP contribution in [-0.4, -0.2) is 46.1 Å². The molecule has 3 rings (SSSR count). The van der Waals surface area contributed by atoms with Crippen LogP contribution in [0.25, 0.3) is 0 Å². The van der Waals surface area contributed by atoms with Gasteiger partial charge in [0.05, 0.1) is 5.69 Å². The van der Waals surface area contributed by atoms with E-state index >= 15 is 0 Å². The van der Waals surface area contributed by atoms with E-state index in [9.17, 15) is 9.90 Å². The van der Waals surface area contributed by atoms with Crippen molar-refractivity contribution in [1.82, 2.24) is 15.2 Å². The first-order valence-corrected chi connectivity index (χ1v) is 9.80. The Morgan fingerprint density at radius 3 is 2.84 bits per heavy atom. The number of amides is 1. The number of carbonyl (C=O) groups excluding carboxylic acids is 1. The van der Waals surface area contributed by atoms with E-state index in [1.165, 1.54) is 32.1 Å². The molecule has 1 aliphatic heterocycles. The molecule has 1 aromatic heterocycles. The smallest absolute Gasteiger partial charge is 0.255 e. The molecule has 2 fully saturated rings. The minimum atomic E-state index is -1.26. The Labute approximate surface area is 150 Å². The lowest BCUT2D eigenvalue weighted by Crippen LogP contribution is -2.58. The van der Waals surface area contributed by atoms with Crippen LogP contribution in [0.5, 0.6) is 0 Å². The van der Waals surface area contributed by atoms with E-state index in [-0.39, 0.29) is 5.91 Å². The van der Waals surface area contributed by atoms with E-state index < -0.39 is 5.60 Å². The Kier molecular flexibility index (Phi) is 6.43. The molecule has 5 heteroatoms. The van der Waals surface area contributed by atoms with Crippen LogP contribution < -0.4 is 5.32 Å². The number of likely N-dealkylation sites (tertiary alicyclic amines) is 1. The highest BCUT2D eigenvalue weighted by atomic mass is 16.3. The lowest BCUT2D eigenvalue weighted by atomic mass is 9.86. The molecule has 25 heavy (non-hydrogen) atoms. The molecule has 0 radical (unpaired) electrons. The fourth-order valence-corrected chi connectivity index (χ4v) is 4.16. The molecule has 1 saturated heterocycles. The zero-order valence-electron chi connectivity index (χ0n) is 15.1. The molecule has 0 aromatic carbocycles. The molecule has 0 unspecified atom stereocenters. The van der Waals surface area contributed by atoms with Crippen LogP contribution in [0, 0.1) is 5.92 Å². The van der Waals surface area contributed by atoms with Gasteiger partial charge < -0.3 is 15.3 Å². The van der Waals surface area contributed by atoms with Crippen LogP contribution in [0.2, 0.25) is 0 Å². The average molecular weight is 345 g/mol. The van der Waals surface area contributed by atoms with Crippen molar-refractivity contribution in [2.75, 3.05) is 19.6 Å². The Balaban J connectivity index is 1.47. The Hall–Kier alpha value is -1.46. The average Bonchev–Trinajstić information content (AvgIpc) is 2.65. The minimum Gasteiger partial charge on any atom is -0.379 e. The topological polar surface area (TPSA) is 65.5 Å². The summed E-state index contributed by atoms with van der Waals surface area (Å²) < 4.78 is 0. The molecule has 0 spiro atoms. The first kappa shape index (κ1) is 18.3. The van der Waals surface area contributed by atoms with Crippen LogP contribution in [-0.2, 0) is 11.3 Å². The second kappa shape index (κ2) is 8.77. The standard InChI is InChI=1S/C20H31N3O2/c24-19-20(25,16-21-15-18-9-4-5-12-22-18)11-6-13-23(19)14-10-17-7-2-1-3-8-17/h4-5,9,12,17,21,25H,1-3,6-8,10-11,13-16H2/t20-/m0/s1. The molecule has 1 amide bonds. The summed E-state index contributed by atoms with van der Waals surface area (Å²) in [6.45, 7) is 2.45. The Bertz CT molecular complexity index is 545. The van der Waals surface area contributed by atoms with Crippen molar-refractivity contribution in [2.45, 2.75) is 63.5 Å². The summed E-state index contributed by atoms with van der Waals surface area (Å²) in [5.41, 5.74) is -0.344. The number of nitrogens with one attached hydrogen (secondary N) is 1. The predicted molar refractivity (Wildman–Crippen MR) is 97.9 cm³/mol. The summed E-state index contributed by atoms with van der Waals surface area (Å²) in [5, 5.41) is 14.1. The maximum absolute atomic E-state index is 12.8. The van der Waals surface area contributed by atoms with Gasteiger partial charge in [-0.25, -0.2) is 0 Å². The zero-order valence-corrected chi connectivity index (χ0v) is 15.1. The van der Waals surface area contributed by atoms with E-state index in [1.807, 2.05) is 23.1 Å². The fraction of sp³-hybridized carbons (Fsp3) is 0.700. The number of carbonyl (C=O) groups is 1. The van der Waals surface area contributed by atoms with Crippen molar-refractivity contribution >= 4 is 5.91 Å². The largest absolute Gasteiger partial charge is 0.379 e. The van der Waals surface area contributed by atoms with Gasteiger partial charge in [0.2, 0.25) is 0 Å². The van der Waals surface area contributed by atoms with E-state index in [0.29, 0.717) is 19.5 Å². The molecule has 2 N–H and O–H groups in total. The highest BCUT2D eigenvalue weighted by Crippen LogP contribution is 2.28. The van der Waals surface area contributed by atoms with Gasteiger partial charge >= 0.3 is 0 Å². The summed E-state index contributed by atoms with van der Waals surface area (Å²) in [4.78, 5) is 18.9. The normalized spacial score (nSPS) is 25.3. The van der Waals surface area contributed by atoms with Gasteiger partial charge in [-0.3, -0.25) is 9.78 Å². The number of pyridine rings is 1. The summed E-state index contributed by atoms with van der Waals surface area (Å²) >= 11 is 0. The van der Waals surface area contributed by atoms with Crippen molar-refractivity contribution in [3.63, 3.8) is 0 Å². The maximum Gasteiger partial charge on any atom is 0.255 e. The van der Waals surface area contributed by atoms with E-state index in [1.54, 1.807) is 6.20 Å². The van der Waals surface area contributed by atoms with Gasteiger partial charge in [-0.1, -0.05) is 38.2 Å². The van der Waals surface area contributed by atoms with Crippen molar-refractivity contribution < 1.29 is 9.90 Å². The van der Waals surface area contributed by atoms with Crippen molar-refractivity contribution in [1.29, 1.82) is 0 Å². The molecule has 1 atom stereocenters. The van der Waals surface area contributed by atoms with Gasteiger partial charge in [0, 0.05) is 32.4 Å². The predicted octanol–water partition coefficient (Wildman–Crippen LogP) is 2.50. The molecule has 5 nitrogen and oxygen atoms in total. The van der Waals surface area contributed by atoms with Gasteiger partial charge in [-0.05, 0) is 37.3 Å². The van der Waals surface area contributed by atoms with Crippen LogP contribution in [0.15, 0.2) is 24.4 Å². The second-order valence-corrected chi connectivity index (χ2v) is 7.64. The van der Waals surface area contributed by atoms with Gasteiger partial charge in [0.15, 0.2) is 5.60 Å². The number of piperidine rings is 1. The summed E-state index contributed by atoms with van der Waals surface area (Å²) in [5.74, 6) is 0.668. The van der Waals surface area contributed by atoms with Crippen molar-refractivity contribution in [2.24, 2.45) is 5.92 Å². The molecule has 0 bridgehead atoms. The van der Waals surface area contributed by atoms with Gasteiger partial charge in [0.1, 0.15) is 0 Å². The monoisotopic (exact) mass is 345 g/mol. The number of aromatic nitrogens is 1. The van der Waals surface area contributed by atoms with Gasteiger partial charge in [-0.15, -0.1) is 0 Å². The number of hydrogen-bond acceptors (Lipinski definition) is 4. The highest BCUT2D eigenvalue weighted by molar-refractivity contribution is 5.86. The number of aliphatic hydroxyl groups is 1. The van der Waals surface area contributed by atoms with Crippen LogP contribution >= 0.6 is 0 Å². The summed E-state index contributed by atoms with van der Waals surface area (Å²) in [6.07, 6.45) is 10.9. The van der Waals surface area contributed by atoms with E-state index in [2.05, 4.69) is 10.3 Å². The third-order valence-corrected chi connectivity index (χ3v) is 5.69. The zero-order chi connectivity index (χ0) is 17.5. The molecular weight excluding hydrogens is 314 g/mol. The van der Waals surface area contributed by atoms with Crippen LogP contribution in [0.4, 0.5) is 0 Å². The van der Waals surface area contributed by atoms with E-state index in [4.69, 9.17) is 0 Å². The molecule has 2 heterocycles.